The number of halogens is 4. The lowest BCUT2D eigenvalue weighted by Crippen LogP contribution is -2.44. The Morgan fingerprint density at radius 2 is 2.00 bits per heavy atom. The van der Waals surface area contributed by atoms with Crippen LogP contribution in [0.5, 0.6) is 0 Å². The molecule has 1 nitrogen and oxygen atoms in total. The van der Waals surface area contributed by atoms with Crippen molar-refractivity contribution in [3.8, 4) is 0 Å². The lowest BCUT2D eigenvalue weighted by molar-refractivity contribution is -0.166. The maximum absolute atomic E-state index is 12.6. The highest BCUT2D eigenvalue weighted by Gasteiger charge is 2.62. The Hall–Kier alpha value is -0.740. The van der Waals surface area contributed by atoms with E-state index in [4.69, 9.17) is 11.6 Å². The van der Waals surface area contributed by atoms with Gasteiger partial charge in [-0.2, -0.15) is 13.2 Å². The molecule has 1 N–H and O–H groups in total. The molecular weight excluding hydrogens is 239 g/mol. The van der Waals surface area contributed by atoms with Crippen LogP contribution in [0.4, 0.5) is 13.2 Å². The summed E-state index contributed by atoms with van der Waals surface area (Å²) in [6, 6.07) is 6.85. The van der Waals surface area contributed by atoms with E-state index >= 15 is 0 Å². The molecule has 0 radical (unpaired) electrons. The molecule has 5 heteroatoms. The molecule has 0 heterocycles. The fourth-order valence-corrected chi connectivity index (χ4v) is 1.82. The largest absolute Gasteiger partial charge is 0.406 e. The van der Waals surface area contributed by atoms with Crippen molar-refractivity contribution in [2.24, 2.45) is 0 Å². The first-order valence-corrected chi connectivity index (χ1v) is 5.37. The van der Waals surface area contributed by atoms with Gasteiger partial charge < -0.3 is 0 Å². The standard InChI is InChI=1S/C11H11ClF3N/c12-9-3-1-2-8(6-9)7-16-10(4-5-10)11(13,14)15/h1-3,6,16H,4-5,7H2. The molecule has 0 bridgehead atoms. The lowest BCUT2D eigenvalue weighted by atomic mass is 10.2. The maximum atomic E-state index is 12.6. The maximum Gasteiger partial charge on any atom is 0.406 e. The second-order valence-electron chi connectivity index (χ2n) is 4.06. The molecule has 0 saturated heterocycles. The third-order valence-electron chi connectivity index (χ3n) is 2.81. The van der Waals surface area contributed by atoms with Crippen molar-refractivity contribution in [2.45, 2.75) is 31.1 Å². The Labute approximate surface area is 96.6 Å². The van der Waals surface area contributed by atoms with Gasteiger partial charge in [0.05, 0.1) is 0 Å². The first kappa shape index (κ1) is 11.7. The Balaban J connectivity index is 1.98. The highest BCUT2D eigenvalue weighted by Crippen LogP contribution is 2.49. The van der Waals surface area contributed by atoms with Crippen molar-refractivity contribution in [1.82, 2.24) is 5.32 Å². The monoisotopic (exact) mass is 249 g/mol. The summed E-state index contributed by atoms with van der Waals surface area (Å²) in [5.74, 6) is 0. The van der Waals surface area contributed by atoms with Crippen LogP contribution < -0.4 is 5.32 Å². The van der Waals surface area contributed by atoms with Gasteiger partial charge in [-0.1, -0.05) is 23.7 Å². The second kappa shape index (κ2) is 3.93. The van der Waals surface area contributed by atoms with E-state index in [0.29, 0.717) is 5.02 Å². The Kier molecular flexibility index (Phi) is 2.88. The minimum Gasteiger partial charge on any atom is -0.299 e. The van der Waals surface area contributed by atoms with Gasteiger partial charge in [0, 0.05) is 11.6 Å². The van der Waals surface area contributed by atoms with Crippen molar-refractivity contribution in [3.63, 3.8) is 0 Å². The van der Waals surface area contributed by atoms with Crippen LogP contribution >= 0.6 is 11.6 Å². The van der Waals surface area contributed by atoms with E-state index in [1.165, 1.54) is 0 Å². The molecule has 88 valence electrons. The summed E-state index contributed by atoms with van der Waals surface area (Å²) in [4.78, 5) is 0. The molecule has 0 unspecified atom stereocenters. The molecule has 1 saturated carbocycles. The summed E-state index contributed by atoms with van der Waals surface area (Å²) in [5.41, 5.74) is -0.891. The summed E-state index contributed by atoms with van der Waals surface area (Å²) in [6.45, 7) is 0.195. The fourth-order valence-electron chi connectivity index (χ4n) is 1.60. The van der Waals surface area contributed by atoms with Gasteiger partial charge in [-0.3, -0.25) is 5.32 Å². The lowest BCUT2D eigenvalue weighted by Gasteiger charge is -2.20. The molecule has 1 aliphatic rings. The molecule has 0 spiro atoms. The van der Waals surface area contributed by atoms with E-state index in [0.717, 1.165) is 5.56 Å². The summed E-state index contributed by atoms with van der Waals surface area (Å²) >= 11 is 5.75. The smallest absolute Gasteiger partial charge is 0.299 e. The van der Waals surface area contributed by atoms with Gasteiger partial charge >= 0.3 is 6.18 Å². The zero-order valence-electron chi connectivity index (χ0n) is 8.44. The summed E-state index contributed by atoms with van der Waals surface area (Å²) in [6.07, 6.45) is -3.83. The molecule has 0 amide bonds. The number of alkyl halides is 3. The third-order valence-corrected chi connectivity index (χ3v) is 3.05. The van der Waals surface area contributed by atoms with Crippen LogP contribution in [-0.4, -0.2) is 11.7 Å². The minimum absolute atomic E-state index is 0.164. The van der Waals surface area contributed by atoms with Crippen molar-refractivity contribution in [1.29, 1.82) is 0 Å². The molecule has 0 atom stereocenters. The van der Waals surface area contributed by atoms with Gasteiger partial charge in [0.2, 0.25) is 0 Å². The molecule has 16 heavy (non-hydrogen) atoms. The average molecular weight is 250 g/mol. The van der Waals surface area contributed by atoms with Gasteiger partial charge in [-0.05, 0) is 30.5 Å². The van der Waals surface area contributed by atoms with Crippen molar-refractivity contribution in [3.05, 3.63) is 34.9 Å². The Morgan fingerprint density at radius 3 is 2.50 bits per heavy atom. The predicted octanol–water partition coefficient (Wildman–Crippen LogP) is 3.52. The SMILES string of the molecule is FC(F)(F)C1(NCc2cccc(Cl)c2)CC1. The number of benzene rings is 1. The van der Waals surface area contributed by atoms with Gasteiger partial charge in [0.1, 0.15) is 5.54 Å². The van der Waals surface area contributed by atoms with Gasteiger partial charge in [0.15, 0.2) is 0 Å². The average Bonchev–Trinajstić information content (AvgIpc) is 2.94. The zero-order valence-corrected chi connectivity index (χ0v) is 9.20. The fraction of sp³-hybridized carbons (Fsp3) is 0.455. The van der Waals surface area contributed by atoms with E-state index in [9.17, 15) is 13.2 Å². The van der Waals surface area contributed by atoms with Crippen molar-refractivity contribution < 1.29 is 13.2 Å². The summed E-state index contributed by atoms with van der Waals surface area (Å²) in [7, 11) is 0. The molecule has 1 aromatic carbocycles. The van der Waals surface area contributed by atoms with Crippen LogP contribution in [0.25, 0.3) is 0 Å². The first-order chi connectivity index (χ1) is 7.43. The van der Waals surface area contributed by atoms with Crippen LogP contribution in [-0.2, 0) is 6.54 Å². The Morgan fingerprint density at radius 1 is 1.31 bits per heavy atom. The van der Waals surface area contributed by atoms with Gasteiger partial charge in [0.25, 0.3) is 0 Å². The number of rotatable bonds is 3. The predicted molar refractivity (Wildman–Crippen MR) is 56.3 cm³/mol. The minimum atomic E-state index is -4.16. The van der Waals surface area contributed by atoms with Crippen LogP contribution in [0.3, 0.4) is 0 Å². The summed E-state index contributed by atoms with van der Waals surface area (Å²) in [5, 5.41) is 3.11. The molecule has 1 aliphatic carbocycles. The number of hydrogen-bond acceptors (Lipinski definition) is 1. The number of nitrogens with one attached hydrogen (secondary N) is 1. The van der Waals surface area contributed by atoms with E-state index in [1.54, 1.807) is 24.3 Å². The van der Waals surface area contributed by atoms with Crippen LogP contribution in [0.1, 0.15) is 18.4 Å². The Bertz CT molecular complexity index is 385. The van der Waals surface area contributed by atoms with Crippen LogP contribution in [0.2, 0.25) is 5.02 Å². The molecule has 1 aromatic rings. The van der Waals surface area contributed by atoms with Crippen LogP contribution in [0, 0.1) is 0 Å². The molecule has 0 aliphatic heterocycles. The van der Waals surface area contributed by atoms with E-state index in [1.807, 2.05) is 0 Å². The quantitative estimate of drug-likeness (QED) is 0.864. The highest BCUT2D eigenvalue weighted by molar-refractivity contribution is 6.30. The third kappa shape index (κ3) is 2.33. The van der Waals surface area contributed by atoms with E-state index < -0.39 is 11.7 Å². The topological polar surface area (TPSA) is 12.0 Å². The van der Waals surface area contributed by atoms with Crippen molar-refractivity contribution >= 4 is 11.6 Å². The van der Waals surface area contributed by atoms with Gasteiger partial charge in [-0.25, -0.2) is 0 Å². The normalized spacial score (nSPS) is 18.5. The van der Waals surface area contributed by atoms with Crippen molar-refractivity contribution in [2.75, 3.05) is 0 Å². The summed E-state index contributed by atoms with van der Waals surface area (Å²) < 4.78 is 37.8. The highest BCUT2D eigenvalue weighted by atomic mass is 35.5. The van der Waals surface area contributed by atoms with Gasteiger partial charge in [-0.15, -0.1) is 0 Å². The molecule has 1 fully saturated rings. The second-order valence-corrected chi connectivity index (χ2v) is 4.50. The zero-order chi connectivity index (χ0) is 11.8. The molecular formula is C11H11ClF3N. The first-order valence-electron chi connectivity index (χ1n) is 4.99. The van der Waals surface area contributed by atoms with E-state index in [-0.39, 0.29) is 19.4 Å². The molecule has 0 aromatic heterocycles. The number of hydrogen-bond donors (Lipinski definition) is 1. The van der Waals surface area contributed by atoms with E-state index in [2.05, 4.69) is 5.32 Å². The molecule has 2 rings (SSSR count). The van der Waals surface area contributed by atoms with Crippen LogP contribution in [0.15, 0.2) is 24.3 Å².